The minimum Gasteiger partial charge on any atom is -0.481 e. The molecule has 1 aromatic carbocycles. The van der Waals surface area contributed by atoms with Crippen LogP contribution >= 0.6 is 0 Å². The fraction of sp³-hybridized carbons (Fsp3) is 0.381. The first-order valence-corrected chi connectivity index (χ1v) is 9.19. The standard InChI is InChI=1S/C21H26N2O3/c24-19(25)14-8-3-1-2-4-9-15-23-21(26)20-18(13-10-16-22-20)17-11-6-5-7-12-17/h5-7,10-13,16H,1-4,8-9,14-15H2,(H,23,26)(H,24,25). The highest BCUT2D eigenvalue weighted by molar-refractivity contribution is 5.98. The van der Waals surface area contributed by atoms with Gasteiger partial charge in [0.1, 0.15) is 5.69 Å². The molecule has 0 saturated heterocycles. The topological polar surface area (TPSA) is 79.3 Å². The Balaban J connectivity index is 1.72. The van der Waals surface area contributed by atoms with Gasteiger partial charge in [-0.25, -0.2) is 0 Å². The van der Waals surface area contributed by atoms with Crippen LogP contribution in [0, 0.1) is 0 Å². The molecule has 26 heavy (non-hydrogen) atoms. The van der Waals surface area contributed by atoms with Gasteiger partial charge in [-0.15, -0.1) is 0 Å². The quantitative estimate of drug-likeness (QED) is 0.590. The third-order valence-electron chi connectivity index (χ3n) is 4.21. The molecule has 0 radical (unpaired) electrons. The highest BCUT2D eigenvalue weighted by Gasteiger charge is 2.13. The number of amides is 1. The number of nitrogens with zero attached hydrogens (tertiary/aromatic N) is 1. The van der Waals surface area contributed by atoms with Crippen molar-refractivity contribution in [3.63, 3.8) is 0 Å². The summed E-state index contributed by atoms with van der Waals surface area (Å²) in [5.41, 5.74) is 2.27. The lowest BCUT2D eigenvalue weighted by molar-refractivity contribution is -0.137. The summed E-state index contributed by atoms with van der Waals surface area (Å²) in [6.45, 7) is 0.624. The molecule has 1 aromatic heterocycles. The molecule has 2 aromatic rings. The molecule has 1 amide bonds. The van der Waals surface area contributed by atoms with Crippen LogP contribution in [0.2, 0.25) is 0 Å². The Morgan fingerprint density at radius 2 is 1.58 bits per heavy atom. The summed E-state index contributed by atoms with van der Waals surface area (Å²) in [6.07, 6.45) is 7.64. The molecule has 0 aliphatic rings. The number of benzene rings is 1. The monoisotopic (exact) mass is 354 g/mol. The zero-order chi connectivity index (χ0) is 18.6. The minimum atomic E-state index is -0.725. The van der Waals surface area contributed by atoms with E-state index in [1.807, 2.05) is 42.5 Å². The van der Waals surface area contributed by atoms with Crippen LogP contribution in [0.25, 0.3) is 11.1 Å². The van der Waals surface area contributed by atoms with E-state index in [4.69, 9.17) is 5.11 Å². The number of aliphatic carboxylic acids is 1. The second-order valence-corrected chi connectivity index (χ2v) is 6.29. The summed E-state index contributed by atoms with van der Waals surface area (Å²) in [6, 6.07) is 13.5. The SMILES string of the molecule is O=C(O)CCCCCCCCNC(=O)c1ncccc1-c1ccccc1. The summed E-state index contributed by atoms with van der Waals surface area (Å²) in [4.78, 5) is 27.1. The number of hydrogen-bond acceptors (Lipinski definition) is 3. The normalized spacial score (nSPS) is 10.5. The van der Waals surface area contributed by atoms with Gasteiger partial charge in [0, 0.05) is 24.7 Å². The second kappa shape index (κ2) is 11.0. The number of hydrogen-bond donors (Lipinski definition) is 2. The Kier molecular flexibility index (Phi) is 8.33. The number of carbonyl (C=O) groups excluding carboxylic acids is 1. The number of carboxylic acids is 1. The summed E-state index contributed by atoms with van der Waals surface area (Å²) < 4.78 is 0. The Morgan fingerprint density at radius 1 is 0.885 bits per heavy atom. The molecule has 138 valence electrons. The molecule has 0 atom stereocenters. The van der Waals surface area contributed by atoms with Crippen molar-refractivity contribution in [3.8, 4) is 11.1 Å². The lowest BCUT2D eigenvalue weighted by Crippen LogP contribution is -2.26. The maximum Gasteiger partial charge on any atom is 0.303 e. The summed E-state index contributed by atoms with van der Waals surface area (Å²) in [5.74, 6) is -0.872. The average Bonchev–Trinajstić information content (AvgIpc) is 2.67. The highest BCUT2D eigenvalue weighted by atomic mass is 16.4. The van der Waals surface area contributed by atoms with Crippen LogP contribution in [0.5, 0.6) is 0 Å². The number of nitrogens with one attached hydrogen (secondary N) is 1. The molecule has 2 rings (SSSR count). The van der Waals surface area contributed by atoms with E-state index in [2.05, 4.69) is 10.3 Å². The van der Waals surface area contributed by atoms with Crippen molar-refractivity contribution in [2.24, 2.45) is 0 Å². The predicted molar refractivity (Wildman–Crippen MR) is 102 cm³/mol. The van der Waals surface area contributed by atoms with Gasteiger partial charge in [-0.2, -0.15) is 0 Å². The number of unbranched alkanes of at least 4 members (excludes halogenated alkanes) is 5. The zero-order valence-corrected chi connectivity index (χ0v) is 15.0. The summed E-state index contributed by atoms with van der Waals surface area (Å²) in [7, 11) is 0. The molecule has 0 unspecified atom stereocenters. The van der Waals surface area contributed by atoms with Crippen LogP contribution in [0.1, 0.15) is 55.4 Å². The Morgan fingerprint density at radius 3 is 2.31 bits per heavy atom. The Labute approximate surface area is 154 Å². The molecule has 0 aliphatic heterocycles. The minimum absolute atomic E-state index is 0.147. The maximum atomic E-state index is 12.4. The molecule has 5 nitrogen and oxygen atoms in total. The van der Waals surface area contributed by atoms with E-state index in [1.165, 1.54) is 0 Å². The number of carbonyl (C=O) groups is 2. The van der Waals surface area contributed by atoms with Crippen LogP contribution in [-0.4, -0.2) is 28.5 Å². The second-order valence-electron chi connectivity index (χ2n) is 6.29. The van der Waals surface area contributed by atoms with E-state index in [9.17, 15) is 9.59 Å². The van der Waals surface area contributed by atoms with Gasteiger partial charge < -0.3 is 10.4 Å². The van der Waals surface area contributed by atoms with Crippen LogP contribution in [-0.2, 0) is 4.79 Å². The van der Waals surface area contributed by atoms with Crippen molar-refractivity contribution >= 4 is 11.9 Å². The van der Waals surface area contributed by atoms with E-state index in [0.29, 0.717) is 12.2 Å². The predicted octanol–water partition coefficient (Wildman–Crippen LogP) is 4.29. The average molecular weight is 354 g/mol. The number of rotatable bonds is 11. The van der Waals surface area contributed by atoms with Gasteiger partial charge >= 0.3 is 5.97 Å². The van der Waals surface area contributed by atoms with Crippen molar-refractivity contribution in [1.29, 1.82) is 0 Å². The van der Waals surface area contributed by atoms with E-state index in [0.717, 1.165) is 49.7 Å². The fourth-order valence-corrected chi connectivity index (χ4v) is 2.83. The van der Waals surface area contributed by atoms with Gasteiger partial charge in [-0.05, 0) is 24.5 Å². The first-order chi connectivity index (χ1) is 12.7. The first kappa shape index (κ1) is 19.6. The highest BCUT2D eigenvalue weighted by Crippen LogP contribution is 2.21. The van der Waals surface area contributed by atoms with Gasteiger partial charge in [-0.1, -0.05) is 62.1 Å². The van der Waals surface area contributed by atoms with Crippen LogP contribution < -0.4 is 5.32 Å². The lowest BCUT2D eigenvalue weighted by Gasteiger charge is -2.09. The van der Waals surface area contributed by atoms with Gasteiger partial charge in [0.05, 0.1) is 0 Å². The van der Waals surface area contributed by atoms with Crippen LogP contribution in [0.15, 0.2) is 48.7 Å². The molecule has 1 heterocycles. The third kappa shape index (κ3) is 6.67. The smallest absolute Gasteiger partial charge is 0.303 e. The largest absolute Gasteiger partial charge is 0.481 e. The van der Waals surface area contributed by atoms with Gasteiger partial charge in [0.2, 0.25) is 0 Å². The van der Waals surface area contributed by atoms with Gasteiger partial charge in [0.25, 0.3) is 5.91 Å². The van der Waals surface area contributed by atoms with Gasteiger partial charge in [-0.3, -0.25) is 14.6 Å². The fourth-order valence-electron chi connectivity index (χ4n) is 2.83. The molecule has 0 bridgehead atoms. The number of aromatic nitrogens is 1. The molecular formula is C21H26N2O3. The van der Waals surface area contributed by atoms with E-state index < -0.39 is 5.97 Å². The van der Waals surface area contributed by atoms with Crippen molar-refractivity contribution in [1.82, 2.24) is 10.3 Å². The molecule has 0 aliphatic carbocycles. The maximum absolute atomic E-state index is 12.4. The van der Waals surface area contributed by atoms with Crippen LogP contribution in [0.3, 0.4) is 0 Å². The molecule has 0 spiro atoms. The van der Waals surface area contributed by atoms with E-state index in [-0.39, 0.29) is 12.3 Å². The van der Waals surface area contributed by atoms with Crippen molar-refractivity contribution in [2.75, 3.05) is 6.54 Å². The number of carboxylic acid groups (broad SMARTS) is 1. The summed E-state index contributed by atoms with van der Waals surface area (Å²) in [5, 5.41) is 11.5. The molecule has 2 N–H and O–H groups in total. The molecule has 0 saturated carbocycles. The van der Waals surface area contributed by atoms with Crippen molar-refractivity contribution < 1.29 is 14.7 Å². The summed E-state index contributed by atoms with van der Waals surface area (Å²) >= 11 is 0. The van der Waals surface area contributed by atoms with Crippen molar-refractivity contribution in [3.05, 3.63) is 54.4 Å². The van der Waals surface area contributed by atoms with Gasteiger partial charge in [0.15, 0.2) is 0 Å². The number of pyridine rings is 1. The first-order valence-electron chi connectivity index (χ1n) is 9.19. The lowest BCUT2D eigenvalue weighted by atomic mass is 10.0. The zero-order valence-electron chi connectivity index (χ0n) is 15.0. The van der Waals surface area contributed by atoms with Crippen LogP contribution in [0.4, 0.5) is 0 Å². The van der Waals surface area contributed by atoms with E-state index >= 15 is 0 Å². The Hall–Kier alpha value is -2.69. The molecular weight excluding hydrogens is 328 g/mol. The third-order valence-corrected chi connectivity index (χ3v) is 4.21. The van der Waals surface area contributed by atoms with E-state index in [1.54, 1.807) is 6.20 Å². The molecule has 5 heteroatoms. The van der Waals surface area contributed by atoms with Crippen molar-refractivity contribution in [2.45, 2.75) is 44.9 Å². The Bertz CT molecular complexity index is 701. The molecule has 0 fully saturated rings.